The fraction of sp³-hybridized carbons (Fsp3) is 0. The van der Waals surface area contributed by atoms with Gasteiger partial charge < -0.3 is 5.32 Å². The van der Waals surface area contributed by atoms with Crippen LogP contribution in [0, 0.1) is 0 Å². The standard InChI is InChI=1S/C11H8ClN3O/c12-10-9(6-13-7-14-10)15-11(16)8-4-2-1-3-5-8/h1-7H,(H,15,16). The van der Waals surface area contributed by atoms with E-state index in [4.69, 9.17) is 11.6 Å². The highest BCUT2D eigenvalue weighted by Gasteiger charge is 2.07. The first kappa shape index (κ1) is 10.6. The van der Waals surface area contributed by atoms with Gasteiger partial charge in [0, 0.05) is 5.56 Å². The summed E-state index contributed by atoms with van der Waals surface area (Å²) in [6.45, 7) is 0. The number of anilines is 1. The number of hydrogen-bond donors (Lipinski definition) is 1. The van der Waals surface area contributed by atoms with Crippen LogP contribution in [0.3, 0.4) is 0 Å². The van der Waals surface area contributed by atoms with Gasteiger partial charge in [-0.1, -0.05) is 29.8 Å². The van der Waals surface area contributed by atoms with Crippen LogP contribution in [0.25, 0.3) is 0 Å². The van der Waals surface area contributed by atoms with Crippen molar-refractivity contribution in [1.82, 2.24) is 9.97 Å². The zero-order valence-corrected chi connectivity index (χ0v) is 8.98. The molecule has 0 bridgehead atoms. The molecule has 1 aromatic carbocycles. The number of carbonyl (C=O) groups is 1. The van der Waals surface area contributed by atoms with Gasteiger partial charge in [-0.2, -0.15) is 0 Å². The lowest BCUT2D eigenvalue weighted by molar-refractivity contribution is 0.102. The monoisotopic (exact) mass is 233 g/mol. The number of rotatable bonds is 2. The summed E-state index contributed by atoms with van der Waals surface area (Å²) in [5.74, 6) is -0.239. The Labute approximate surface area is 97.3 Å². The third-order valence-electron chi connectivity index (χ3n) is 1.95. The summed E-state index contributed by atoms with van der Waals surface area (Å²) in [6, 6.07) is 8.85. The molecule has 1 N–H and O–H groups in total. The van der Waals surface area contributed by atoms with Crippen molar-refractivity contribution < 1.29 is 4.79 Å². The van der Waals surface area contributed by atoms with Gasteiger partial charge in [0.2, 0.25) is 0 Å². The van der Waals surface area contributed by atoms with E-state index in [2.05, 4.69) is 15.3 Å². The predicted octanol–water partition coefficient (Wildman–Crippen LogP) is 2.38. The van der Waals surface area contributed by atoms with Crippen molar-refractivity contribution in [2.45, 2.75) is 0 Å². The number of carbonyl (C=O) groups excluding carboxylic acids is 1. The second-order valence-electron chi connectivity index (χ2n) is 3.05. The number of halogens is 1. The number of benzene rings is 1. The Kier molecular flexibility index (Phi) is 3.12. The van der Waals surface area contributed by atoms with Crippen molar-refractivity contribution in [2.75, 3.05) is 5.32 Å². The number of nitrogens with zero attached hydrogens (tertiary/aromatic N) is 2. The van der Waals surface area contributed by atoms with Gasteiger partial charge in [-0.05, 0) is 12.1 Å². The van der Waals surface area contributed by atoms with Crippen LogP contribution in [-0.4, -0.2) is 15.9 Å². The molecule has 0 saturated carbocycles. The van der Waals surface area contributed by atoms with E-state index < -0.39 is 0 Å². The largest absolute Gasteiger partial charge is 0.318 e. The lowest BCUT2D eigenvalue weighted by Gasteiger charge is -2.05. The quantitative estimate of drug-likeness (QED) is 0.811. The Morgan fingerprint density at radius 2 is 2.00 bits per heavy atom. The maximum atomic E-state index is 11.7. The zero-order valence-electron chi connectivity index (χ0n) is 8.22. The second-order valence-corrected chi connectivity index (χ2v) is 3.41. The maximum absolute atomic E-state index is 11.7. The first-order chi connectivity index (χ1) is 7.77. The number of amides is 1. The van der Waals surface area contributed by atoms with Crippen molar-refractivity contribution in [3.05, 3.63) is 53.6 Å². The van der Waals surface area contributed by atoms with Crippen molar-refractivity contribution in [2.24, 2.45) is 0 Å². The molecular formula is C11H8ClN3O. The summed E-state index contributed by atoms with van der Waals surface area (Å²) in [5, 5.41) is 2.85. The molecule has 0 saturated heterocycles. The fourth-order valence-corrected chi connectivity index (χ4v) is 1.32. The van der Waals surface area contributed by atoms with E-state index in [0.29, 0.717) is 11.3 Å². The lowest BCUT2D eigenvalue weighted by atomic mass is 10.2. The van der Waals surface area contributed by atoms with Gasteiger partial charge in [-0.25, -0.2) is 9.97 Å². The fourth-order valence-electron chi connectivity index (χ4n) is 1.18. The van der Waals surface area contributed by atoms with Crippen LogP contribution in [0.2, 0.25) is 5.15 Å². The normalized spacial score (nSPS) is 9.81. The molecule has 0 aliphatic rings. The Morgan fingerprint density at radius 3 is 2.69 bits per heavy atom. The first-order valence-electron chi connectivity index (χ1n) is 4.59. The summed E-state index contributed by atoms with van der Waals surface area (Å²) < 4.78 is 0. The molecule has 0 atom stereocenters. The highest BCUT2D eigenvalue weighted by molar-refractivity contribution is 6.32. The van der Waals surface area contributed by atoms with Crippen molar-refractivity contribution >= 4 is 23.2 Å². The number of nitrogens with one attached hydrogen (secondary N) is 1. The molecule has 4 nitrogen and oxygen atoms in total. The van der Waals surface area contributed by atoms with E-state index in [9.17, 15) is 4.79 Å². The van der Waals surface area contributed by atoms with E-state index >= 15 is 0 Å². The molecule has 16 heavy (non-hydrogen) atoms. The van der Waals surface area contributed by atoms with Gasteiger partial charge >= 0.3 is 0 Å². The number of aromatic nitrogens is 2. The summed E-state index contributed by atoms with van der Waals surface area (Å²) >= 11 is 5.79. The van der Waals surface area contributed by atoms with E-state index in [-0.39, 0.29) is 11.1 Å². The minimum absolute atomic E-state index is 0.222. The second kappa shape index (κ2) is 4.72. The summed E-state index contributed by atoms with van der Waals surface area (Å²) in [6.07, 6.45) is 2.77. The minimum atomic E-state index is -0.239. The molecule has 0 fully saturated rings. The van der Waals surface area contributed by atoms with Gasteiger partial charge in [-0.3, -0.25) is 4.79 Å². The average Bonchev–Trinajstić information content (AvgIpc) is 2.33. The van der Waals surface area contributed by atoms with Gasteiger partial charge in [0.1, 0.15) is 6.33 Å². The van der Waals surface area contributed by atoms with Gasteiger partial charge in [0.15, 0.2) is 5.15 Å². The van der Waals surface area contributed by atoms with Crippen molar-refractivity contribution in [1.29, 1.82) is 0 Å². The van der Waals surface area contributed by atoms with Crippen LogP contribution in [0.5, 0.6) is 0 Å². The van der Waals surface area contributed by atoms with Crippen LogP contribution in [-0.2, 0) is 0 Å². The van der Waals surface area contributed by atoms with Gasteiger partial charge in [-0.15, -0.1) is 0 Å². The molecule has 0 radical (unpaired) electrons. The third-order valence-corrected chi connectivity index (χ3v) is 2.25. The van der Waals surface area contributed by atoms with E-state index in [1.54, 1.807) is 24.3 Å². The van der Waals surface area contributed by atoms with E-state index in [0.717, 1.165) is 0 Å². The molecule has 0 spiro atoms. The Hall–Kier alpha value is -1.94. The molecule has 1 aromatic heterocycles. The molecule has 2 rings (SSSR count). The Morgan fingerprint density at radius 1 is 1.25 bits per heavy atom. The van der Waals surface area contributed by atoms with Gasteiger partial charge in [0.25, 0.3) is 5.91 Å². The van der Waals surface area contributed by atoms with Crippen molar-refractivity contribution in [3.63, 3.8) is 0 Å². The van der Waals surface area contributed by atoms with Crippen LogP contribution < -0.4 is 5.32 Å². The molecule has 5 heteroatoms. The third kappa shape index (κ3) is 2.35. The number of hydrogen-bond acceptors (Lipinski definition) is 3. The van der Waals surface area contributed by atoms with E-state index in [1.807, 2.05) is 6.07 Å². The van der Waals surface area contributed by atoms with Crippen LogP contribution in [0.4, 0.5) is 5.69 Å². The molecular weight excluding hydrogens is 226 g/mol. The first-order valence-corrected chi connectivity index (χ1v) is 4.97. The van der Waals surface area contributed by atoms with E-state index in [1.165, 1.54) is 12.5 Å². The molecule has 80 valence electrons. The molecule has 0 aliphatic carbocycles. The average molecular weight is 234 g/mol. The maximum Gasteiger partial charge on any atom is 0.255 e. The van der Waals surface area contributed by atoms with Crippen LogP contribution >= 0.6 is 11.6 Å². The summed E-state index contributed by atoms with van der Waals surface area (Å²) in [4.78, 5) is 19.3. The molecule has 1 heterocycles. The minimum Gasteiger partial charge on any atom is -0.318 e. The highest BCUT2D eigenvalue weighted by atomic mass is 35.5. The smallest absolute Gasteiger partial charge is 0.255 e. The Bertz CT molecular complexity index is 502. The zero-order chi connectivity index (χ0) is 11.4. The van der Waals surface area contributed by atoms with Crippen LogP contribution in [0.1, 0.15) is 10.4 Å². The molecule has 2 aromatic rings. The molecule has 0 unspecified atom stereocenters. The lowest BCUT2D eigenvalue weighted by Crippen LogP contribution is -2.12. The highest BCUT2D eigenvalue weighted by Crippen LogP contribution is 2.16. The molecule has 0 aliphatic heterocycles. The summed E-state index contributed by atoms with van der Waals surface area (Å²) in [7, 11) is 0. The SMILES string of the molecule is O=C(Nc1cncnc1Cl)c1ccccc1. The summed E-state index contributed by atoms with van der Waals surface area (Å²) in [5.41, 5.74) is 0.959. The van der Waals surface area contributed by atoms with Crippen molar-refractivity contribution in [3.8, 4) is 0 Å². The Balaban J connectivity index is 2.18. The van der Waals surface area contributed by atoms with Gasteiger partial charge in [0.05, 0.1) is 11.9 Å². The van der Waals surface area contributed by atoms with Crippen LogP contribution in [0.15, 0.2) is 42.9 Å². The topological polar surface area (TPSA) is 54.9 Å². The molecule has 1 amide bonds. The predicted molar refractivity (Wildman–Crippen MR) is 61.4 cm³/mol.